The molecule has 1 aromatic carbocycles. The predicted molar refractivity (Wildman–Crippen MR) is 124 cm³/mol. The third-order valence-electron chi connectivity index (χ3n) is 5.63. The molecule has 3 amide bonds. The number of amides is 3. The molecular weight excluding hydrogens is 392 g/mol. The van der Waals surface area contributed by atoms with E-state index in [-0.39, 0.29) is 18.4 Å². The quantitative estimate of drug-likeness (QED) is 0.521. The van der Waals surface area contributed by atoms with Crippen LogP contribution in [0.5, 0.6) is 0 Å². The zero-order valence-corrected chi connectivity index (χ0v) is 20.1. The zero-order chi connectivity index (χ0) is 24.0. The smallest absolute Gasteiger partial charge is 0.245 e. The molecule has 0 fully saturated rings. The maximum Gasteiger partial charge on any atom is 0.245 e. The van der Waals surface area contributed by atoms with Gasteiger partial charge in [-0.05, 0) is 24.9 Å². The number of hydrogen-bond donors (Lipinski definition) is 3. The average Bonchev–Trinajstić information content (AvgIpc) is 2.69. The van der Waals surface area contributed by atoms with Crippen LogP contribution < -0.4 is 16.4 Å². The summed E-state index contributed by atoms with van der Waals surface area (Å²) in [5.41, 5.74) is 5.65. The van der Waals surface area contributed by atoms with Crippen LogP contribution in [0.4, 0.5) is 0 Å². The van der Waals surface area contributed by atoms with E-state index in [1.807, 2.05) is 65.0 Å². The maximum absolute atomic E-state index is 13.3. The van der Waals surface area contributed by atoms with E-state index < -0.39 is 28.8 Å². The van der Waals surface area contributed by atoms with Crippen molar-refractivity contribution in [3.63, 3.8) is 0 Å². The van der Waals surface area contributed by atoms with Crippen LogP contribution in [-0.4, -0.2) is 55.3 Å². The highest BCUT2D eigenvalue weighted by atomic mass is 16.2. The molecule has 0 radical (unpaired) electrons. The van der Waals surface area contributed by atoms with Crippen LogP contribution in [-0.2, 0) is 19.8 Å². The number of nitrogens with two attached hydrogens (primary N) is 1. The van der Waals surface area contributed by atoms with Gasteiger partial charge in [0.1, 0.15) is 6.04 Å². The fourth-order valence-corrected chi connectivity index (χ4v) is 3.41. The van der Waals surface area contributed by atoms with Crippen molar-refractivity contribution in [3.8, 4) is 0 Å². The molecule has 1 unspecified atom stereocenters. The predicted octanol–water partition coefficient (Wildman–Crippen LogP) is 1.97. The monoisotopic (exact) mass is 430 g/mol. The third kappa shape index (κ3) is 6.92. The molecule has 0 aliphatic rings. The van der Waals surface area contributed by atoms with Gasteiger partial charge in [0.15, 0.2) is 0 Å². The Morgan fingerprint density at radius 1 is 1.06 bits per heavy atom. The Morgan fingerprint density at radius 2 is 1.61 bits per heavy atom. The molecular formula is C24H38N4O3. The van der Waals surface area contributed by atoms with Crippen molar-refractivity contribution in [2.75, 3.05) is 20.6 Å². The van der Waals surface area contributed by atoms with Gasteiger partial charge in [-0.25, -0.2) is 0 Å². The van der Waals surface area contributed by atoms with E-state index in [0.29, 0.717) is 5.57 Å². The molecule has 0 heterocycles. The molecule has 0 spiro atoms. The second kappa shape index (κ2) is 10.6. The molecule has 7 nitrogen and oxygen atoms in total. The molecule has 7 heteroatoms. The van der Waals surface area contributed by atoms with E-state index in [0.717, 1.165) is 5.56 Å². The van der Waals surface area contributed by atoms with Gasteiger partial charge < -0.3 is 21.3 Å². The molecule has 0 saturated carbocycles. The Labute approximate surface area is 186 Å². The number of hydrogen-bond acceptors (Lipinski definition) is 4. The molecule has 0 aliphatic heterocycles. The van der Waals surface area contributed by atoms with Gasteiger partial charge in [0.25, 0.3) is 0 Å². The lowest BCUT2D eigenvalue weighted by Crippen LogP contribution is -2.60. The summed E-state index contributed by atoms with van der Waals surface area (Å²) in [7, 11) is 3.38. The van der Waals surface area contributed by atoms with Gasteiger partial charge in [0, 0.05) is 24.6 Å². The molecule has 1 aromatic rings. The second-order valence-corrected chi connectivity index (χ2v) is 9.59. The molecule has 4 N–H and O–H groups in total. The van der Waals surface area contributed by atoms with Crippen LogP contribution in [0.25, 0.3) is 0 Å². The molecule has 0 bridgehead atoms. The number of rotatable bonds is 9. The Balaban J connectivity index is 3.10. The van der Waals surface area contributed by atoms with Crippen molar-refractivity contribution < 1.29 is 14.4 Å². The number of carbonyl (C=O) groups is 3. The minimum atomic E-state index is -0.741. The molecule has 0 saturated heterocycles. The number of nitrogens with one attached hydrogen (secondary N) is 2. The highest BCUT2D eigenvalue weighted by Gasteiger charge is 2.40. The summed E-state index contributed by atoms with van der Waals surface area (Å²) in [6.45, 7) is 11.6. The van der Waals surface area contributed by atoms with Crippen LogP contribution in [0, 0.1) is 5.41 Å². The highest BCUT2D eigenvalue weighted by Crippen LogP contribution is 2.28. The van der Waals surface area contributed by atoms with Crippen LogP contribution in [0.1, 0.15) is 47.1 Å². The molecule has 1 rings (SSSR count). The standard InChI is InChI=1S/C24H38N4O3/c1-16(20(25)29)14-15-28(8)22(31)19(23(2,3)4)27-21(30)18(26-7)24(5,6)17-12-10-9-11-13-17/h9-14,18-19,26H,15H2,1-8H3,(H2,25,29)(H,27,30)/b16-14+/t18-,19?/m1/s1. The van der Waals surface area contributed by atoms with Gasteiger partial charge in [-0.1, -0.05) is 71.0 Å². The lowest BCUT2D eigenvalue weighted by Gasteiger charge is -2.38. The molecule has 0 aliphatic carbocycles. The fraction of sp³-hybridized carbons (Fsp3) is 0.542. The lowest BCUT2D eigenvalue weighted by molar-refractivity contribution is -0.139. The van der Waals surface area contributed by atoms with Gasteiger partial charge >= 0.3 is 0 Å². The highest BCUT2D eigenvalue weighted by molar-refractivity contribution is 5.92. The number of benzene rings is 1. The summed E-state index contributed by atoms with van der Waals surface area (Å²) in [4.78, 5) is 39.2. The van der Waals surface area contributed by atoms with Gasteiger partial charge in [0.2, 0.25) is 17.7 Å². The van der Waals surface area contributed by atoms with E-state index in [1.54, 1.807) is 27.1 Å². The van der Waals surface area contributed by atoms with E-state index in [9.17, 15) is 14.4 Å². The van der Waals surface area contributed by atoms with Gasteiger partial charge in [-0.3, -0.25) is 14.4 Å². The molecule has 31 heavy (non-hydrogen) atoms. The van der Waals surface area contributed by atoms with Crippen molar-refractivity contribution >= 4 is 17.7 Å². The van der Waals surface area contributed by atoms with Gasteiger partial charge in [-0.15, -0.1) is 0 Å². The summed E-state index contributed by atoms with van der Waals surface area (Å²) in [5.74, 6) is -1.01. The van der Waals surface area contributed by atoms with Crippen molar-refractivity contribution in [1.29, 1.82) is 0 Å². The normalized spacial score (nSPS) is 14.5. The molecule has 172 valence electrons. The topological polar surface area (TPSA) is 105 Å². The first-order valence-electron chi connectivity index (χ1n) is 10.5. The first-order chi connectivity index (χ1) is 14.2. The van der Waals surface area contributed by atoms with Crippen molar-refractivity contribution in [2.45, 2.75) is 59.0 Å². The number of carbonyl (C=O) groups excluding carboxylic acids is 3. The van der Waals surface area contributed by atoms with E-state index in [1.165, 1.54) is 4.90 Å². The van der Waals surface area contributed by atoms with Gasteiger partial charge in [0.05, 0.1) is 6.04 Å². The van der Waals surface area contributed by atoms with E-state index in [4.69, 9.17) is 5.73 Å². The SMILES string of the molecule is CN[C@H](C(=O)NC(C(=O)N(C)C/C=C(\C)C(N)=O)C(C)(C)C)C(C)(C)c1ccccc1. The average molecular weight is 431 g/mol. The van der Waals surface area contributed by atoms with E-state index >= 15 is 0 Å². The summed E-state index contributed by atoms with van der Waals surface area (Å²) >= 11 is 0. The lowest BCUT2D eigenvalue weighted by atomic mass is 9.76. The minimum Gasteiger partial charge on any atom is -0.366 e. The third-order valence-corrected chi connectivity index (χ3v) is 5.63. The van der Waals surface area contributed by atoms with E-state index in [2.05, 4.69) is 10.6 Å². The van der Waals surface area contributed by atoms with Crippen molar-refractivity contribution in [2.24, 2.45) is 11.1 Å². The van der Waals surface area contributed by atoms with Crippen LogP contribution in [0.2, 0.25) is 0 Å². The second-order valence-electron chi connectivity index (χ2n) is 9.59. The van der Waals surface area contributed by atoms with Crippen molar-refractivity contribution in [1.82, 2.24) is 15.5 Å². The zero-order valence-electron chi connectivity index (χ0n) is 20.1. The number of nitrogens with zero attached hydrogens (tertiary/aromatic N) is 1. The summed E-state index contributed by atoms with van der Waals surface area (Å²) in [5, 5.41) is 6.09. The van der Waals surface area contributed by atoms with Crippen molar-refractivity contribution in [3.05, 3.63) is 47.5 Å². The summed E-state index contributed by atoms with van der Waals surface area (Å²) < 4.78 is 0. The summed E-state index contributed by atoms with van der Waals surface area (Å²) in [6, 6.07) is 8.52. The fourth-order valence-electron chi connectivity index (χ4n) is 3.41. The Kier molecular flexibility index (Phi) is 8.99. The maximum atomic E-state index is 13.3. The largest absolute Gasteiger partial charge is 0.366 e. The minimum absolute atomic E-state index is 0.223. The first-order valence-corrected chi connectivity index (χ1v) is 10.5. The summed E-state index contributed by atoms with van der Waals surface area (Å²) in [6.07, 6.45) is 1.61. The number of primary amides is 1. The van der Waals surface area contributed by atoms with Crippen LogP contribution in [0.3, 0.4) is 0 Å². The Hall–Kier alpha value is -2.67. The van der Waals surface area contributed by atoms with Gasteiger partial charge in [-0.2, -0.15) is 0 Å². The first kappa shape index (κ1) is 26.4. The number of likely N-dealkylation sites (N-methyl/N-ethyl adjacent to an activating group) is 2. The Morgan fingerprint density at radius 3 is 2.06 bits per heavy atom. The van der Waals surface area contributed by atoms with Crippen LogP contribution in [0.15, 0.2) is 42.0 Å². The molecule has 2 atom stereocenters. The Bertz CT molecular complexity index is 810. The van der Waals surface area contributed by atoms with Crippen LogP contribution >= 0.6 is 0 Å². The molecule has 0 aromatic heterocycles.